The second kappa shape index (κ2) is 6.09. The highest BCUT2D eigenvalue weighted by Gasteiger charge is 2.57. The molecular formula is C17H20ClN3O5. The van der Waals surface area contributed by atoms with Crippen LogP contribution in [0, 0.1) is 0 Å². The molecule has 2 atom stereocenters. The molecule has 8 nitrogen and oxygen atoms in total. The van der Waals surface area contributed by atoms with Crippen LogP contribution >= 0.6 is 11.6 Å². The molecule has 4 rings (SSSR count). The maximum atomic E-state index is 12.7. The van der Waals surface area contributed by atoms with E-state index in [2.05, 4.69) is 10.6 Å². The van der Waals surface area contributed by atoms with Gasteiger partial charge >= 0.3 is 6.03 Å². The fourth-order valence-corrected chi connectivity index (χ4v) is 3.73. The van der Waals surface area contributed by atoms with Gasteiger partial charge in [-0.1, -0.05) is 17.7 Å². The van der Waals surface area contributed by atoms with Gasteiger partial charge in [-0.2, -0.15) is 0 Å². The Bertz CT molecular complexity index is 771. The number of halogens is 1. The molecule has 0 radical (unpaired) electrons. The average Bonchev–Trinajstić information content (AvgIpc) is 3.07. The largest absolute Gasteiger partial charge is 0.478 e. The zero-order valence-corrected chi connectivity index (χ0v) is 15.3. The minimum absolute atomic E-state index is 0.210. The fourth-order valence-electron chi connectivity index (χ4n) is 3.57. The van der Waals surface area contributed by atoms with E-state index < -0.39 is 29.4 Å². The lowest BCUT2D eigenvalue weighted by Gasteiger charge is -2.38. The van der Waals surface area contributed by atoms with Crippen LogP contribution in [0.4, 0.5) is 4.79 Å². The highest BCUT2D eigenvalue weighted by molar-refractivity contribution is 6.30. The van der Waals surface area contributed by atoms with E-state index in [1.807, 2.05) is 11.0 Å². The first-order valence-electron chi connectivity index (χ1n) is 8.36. The monoisotopic (exact) mass is 381 g/mol. The van der Waals surface area contributed by atoms with Crippen molar-refractivity contribution in [1.29, 1.82) is 0 Å². The summed E-state index contributed by atoms with van der Waals surface area (Å²) in [6.45, 7) is 4.83. The predicted octanol–water partition coefficient (Wildman–Crippen LogP) is 1.22. The van der Waals surface area contributed by atoms with Gasteiger partial charge in [0, 0.05) is 23.7 Å². The molecule has 0 spiro atoms. The number of ether oxygens (including phenoxy) is 3. The quantitative estimate of drug-likeness (QED) is 0.765. The third-order valence-corrected chi connectivity index (χ3v) is 5.06. The number of nitrogens with one attached hydrogen (secondary N) is 2. The lowest BCUT2D eigenvalue weighted by Crippen LogP contribution is -2.64. The van der Waals surface area contributed by atoms with Crippen molar-refractivity contribution in [3.05, 3.63) is 28.8 Å². The Labute approximate surface area is 155 Å². The maximum Gasteiger partial charge on any atom is 0.322 e. The second-order valence-electron chi connectivity index (χ2n) is 7.21. The van der Waals surface area contributed by atoms with E-state index in [0.717, 1.165) is 11.3 Å². The van der Waals surface area contributed by atoms with Gasteiger partial charge in [0.15, 0.2) is 11.3 Å². The summed E-state index contributed by atoms with van der Waals surface area (Å²) in [5, 5.41) is 5.68. The van der Waals surface area contributed by atoms with Crippen molar-refractivity contribution in [3.63, 3.8) is 0 Å². The number of amides is 3. The van der Waals surface area contributed by atoms with Gasteiger partial charge in [-0.05, 0) is 26.0 Å². The first-order chi connectivity index (χ1) is 12.3. The number of urea groups is 1. The minimum atomic E-state index is -1.24. The van der Waals surface area contributed by atoms with Crippen LogP contribution in [0.3, 0.4) is 0 Å². The fraction of sp³-hybridized carbons (Fsp3) is 0.529. The highest BCUT2D eigenvalue weighted by Crippen LogP contribution is 2.34. The molecule has 2 N–H and O–H groups in total. The molecule has 0 bridgehead atoms. The first kappa shape index (κ1) is 17.5. The Morgan fingerprint density at radius 1 is 1.35 bits per heavy atom. The first-order valence-corrected chi connectivity index (χ1v) is 8.74. The van der Waals surface area contributed by atoms with Crippen LogP contribution in [0.15, 0.2) is 18.2 Å². The normalized spacial score (nSPS) is 30.5. The SMILES string of the molecule is CC1(C)OC[C@H]([C@]2(CN3COc4cc(Cl)ccc4C3)NC(=O)NC2=O)O1. The van der Waals surface area contributed by atoms with E-state index in [0.29, 0.717) is 11.6 Å². The lowest BCUT2D eigenvalue weighted by molar-refractivity contribution is -0.155. The molecule has 3 heterocycles. The average molecular weight is 382 g/mol. The maximum absolute atomic E-state index is 12.7. The van der Waals surface area contributed by atoms with Crippen molar-refractivity contribution in [1.82, 2.24) is 15.5 Å². The number of fused-ring (bicyclic) bond motifs is 1. The number of rotatable bonds is 3. The van der Waals surface area contributed by atoms with E-state index >= 15 is 0 Å². The predicted molar refractivity (Wildman–Crippen MR) is 91.7 cm³/mol. The molecule has 2 saturated heterocycles. The lowest BCUT2D eigenvalue weighted by atomic mass is 9.91. The van der Waals surface area contributed by atoms with Crippen LogP contribution in [0.1, 0.15) is 19.4 Å². The smallest absolute Gasteiger partial charge is 0.322 e. The van der Waals surface area contributed by atoms with Crippen LogP contribution in [-0.2, 0) is 20.8 Å². The Morgan fingerprint density at radius 2 is 2.15 bits per heavy atom. The number of carbonyl (C=O) groups is 2. The van der Waals surface area contributed by atoms with Crippen molar-refractivity contribution < 1.29 is 23.8 Å². The third-order valence-electron chi connectivity index (χ3n) is 4.83. The summed E-state index contributed by atoms with van der Waals surface area (Å²) in [7, 11) is 0. The molecule has 2 fully saturated rings. The molecule has 0 saturated carbocycles. The van der Waals surface area contributed by atoms with Gasteiger partial charge in [0.05, 0.1) is 6.61 Å². The summed E-state index contributed by atoms with van der Waals surface area (Å²) in [5.74, 6) is -0.507. The summed E-state index contributed by atoms with van der Waals surface area (Å²) in [4.78, 5) is 26.5. The van der Waals surface area contributed by atoms with Gasteiger partial charge in [-0.25, -0.2) is 4.79 Å². The number of hydrogen-bond acceptors (Lipinski definition) is 6. The van der Waals surface area contributed by atoms with Gasteiger partial charge in [0.1, 0.15) is 18.6 Å². The second-order valence-corrected chi connectivity index (χ2v) is 7.65. The minimum Gasteiger partial charge on any atom is -0.478 e. The number of carbonyl (C=O) groups excluding carboxylic acids is 2. The van der Waals surface area contributed by atoms with Crippen LogP contribution in [-0.4, -0.2) is 54.2 Å². The Balaban J connectivity index is 1.58. The van der Waals surface area contributed by atoms with Crippen LogP contribution in [0.5, 0.6) is 5.75 Å². The van der Waals surface area contributed by atoms with Gasteiger partial charge < -0.3 is 19.5 Å². The van der Waals surface area contributed by atoms with Crippen LogP contribution < -0.4 is 15.4 Å². The molecule has 0 unspecified atom stereocenters. The molecule has 1 aromatic rings. The van der Waals surface area contributed by atoms with Crippen LogP contribution in [0.2, 0.25) is 5.02 Å². The Hall–Kier alpha value is -1.87. The molecule has 3 aliphatic heterocycles. The van der Waals surface area contributed by atoms with Gasteiger partial charge in [-0.3, -0.25) is 15.0 Å². The number of benzene rings is 1. The van der Waals surface area contributed by atoms with Crippen LogP contribution in [0.25, 0.3) is 0 Å². The van der Waals surface area contributed by atoms with E-state index in [1.165, 1.54) is 0 Å². The third kappa shape index (κ3) is 3.03. The molecule has 26 heavy (non-hydrogen) atoms. The molecule has 140 valence electrons. The van der Waals surface area contributed by atoms with Gasteiger partial charge in [0.2, 0.25) is 0 Å². The van der Waals surface area contributed by atoms with Crippen molar-refractivity contribution >= 4 is 23.5 Å². The molecule has 3 aliphatic rings. The number of nitrogens with zero attached hydrogens (tertiary/aromatic N) is 1. The van der Waals surface area contributed by atoms with Crippen molar-refractivity contribution in [2.24, 2.45) is 0 Å². The molecule has 3 amide bonds. The summed E-state index contributed by atoms with van der Waals surface area (Å²) >= 11 is 6.00. The Morgan fingerprint density at radius 3 is 2.81 bits per heavy atom. The number of hydrogen-bond donors (Lipinski definition) is 2. The van der Waals surface area contributed by atoms with Gasteiger partial charge in [-0.15, -0.1) is 0 Å². The molecular weight excluding hydrogens is 362 g/mol. The molecule has 1 aromatic carbocycles. The molecule has 9 heteroatoms. The van der Waals surface area contributed by atoms with E-state index in [1.54, 1.807) is 26.0 Å². The van der Waals surface area contributed by atoms with Crippen molar-refractivity contribution in [2.45, 2.75) is 37.8 Å². The molecule has 0 aliphatic carbocycles. The zero-order valence-electron chi connectivity index (χ0n) is 14.5. The summed E-state index contributed by atoms with van der Waals surface area (Å²) < 4.78 is 17.3. The topological polar surface area (TPSA) is 89.1 Å². The van der Waals surface area contributed by atoms with E-state index in [9.17, 15) is 9.59 Å². The zero-order chi connectivity index (χ0) is 18.5. The van der Waals surface area contributed by atoms with Gasteiger partial charge in [0.25, 0.3) is 5.91 Å². The van der Waals surface area contributed by atoms with Crippen molar-refractivity contribution in [2.75, 3.05) is 19.9 Å². The summed E-state index contributed by atoms with van der Waals surface area (Å²) in [6.07, 6.45) is -0.601. The highest BCUT2D eigenvalue weighted by atomic mass is 35.5. The van der Waals surface area contributed by atoms with E-state index in [-0.39, 0.29) is 19.9 Å². The van der Waals surface area contributed by atoms with E-state index in [4.69, 9.17) is 25.8 Å². The standard InChI is InChI=1S/C17H20ClN3O5/c1-16(2)25-7-13(26-16)17(14(22)19-15(23)20-17)8-21-6-10-3-4-11(18)5-12(10)24-9-21/h3-5,13H,6-9H2,1-2H3,(H2,19,20,22,23)/t13-,17+/m1/s1. The number of imide groups is 1. The van der Waals surface area contributed by atoms with Crippen molar-refractivity contribution in [3.8, 4) is 5.75 Å². The summed E-state index contributed by atoms with van der Waals surface area (Å²) in [5.41, 5.74) is -0.275. The summed E-state index contributed by atoms with van der Waals surface area (Å²) in [6, 6.07) is 4.92. The Kier molecular flexibility index (Phi) is 4.11. The molecule has 0 aromatic heterocycles.